The van der Waals surface area contributed by atoms with Gasteiger partial charge >= 0.3 is 0 Å². The van der Waals surface area contributed by atoms with Crippen LogP contribution in [0.2, 0.25) is 0 Å². The van der Waals surface area contributed by atoms with Gasteiger partial charge in [0.05, 0.1) is 23.9 Å². The molecule has 0 aromatic heterocycles. The summed E-state index contributed by atoms with van der Waals surface area (Å²) in [4.78, 5) is 26.7. The maximum Gasteiger partial charge on any atom is 0.256 e. The molecule has 0 saturated carbocycles. The molecule has 2 amide bonds. The lowest BCUT2D eigenvalue weighted by atomic mass is 10.1. The van der Waals surface area contributed by atoms with E-state index in [1.807, 2.05) is 0 Å². The zero-order chi connectivity index (χ0) is 14.6. The van der Waals surface area contributed by atoms with E-state index in [1.54, 1.807) is 45.3 Å². The molecule has 104 valence electrons. The minimum absolute atomic E-state index is 0.104. The van der Waals surface area contributed by atoms with Crippen LogP contribution in [0.15, 0.2) is 24.3 Å². The van der Waals surface area contributed by atoms with Crippen molar-refractivity contribution in [2.75, 3.05) is 25.6 Å². The monoisotopic (exact) mass is 264 g/mol. The summed E-state index contributed by atoms with van der Waals surface area (Å²) in [5.41, 5.74) is 1.01. The van der Waals surface area contributed by atoms with Crippen molar-refractivity contribution in [3.8, 4) is 0 Å². The van der Waals surface area contributed by atoms with E-state index in [9.17, 15) is 9.59 Å². The smallest absolute Gasteiger partial charge is 0.256 e. The number of rotatable bonds is 4. The van der Waals surface area contributed by atoms with Gasteiger partial charge in [-0.15, -0.1) is 0 Å². The lowest BCUT2D eigenvalue weighted by molar-refractivity contribution is -0.116. The number of carbonyl (C=O) groups is 2. The van der Waals surface area contributed by atoms with Crippen LogP contribution in [0, 0.1) is 0 Å². The Morgan fingerprint density at radius 3 is 2.37 bits per heavy atom. The van der Waals surface area contributed by atoms with Crippen molar-refractivity contribution in [2.24, 2.45) is 0 Å². The first kappa shape index (κ1) is 15.2. The molecular formula is C14H20N2O3. The zero-order valence-electron chi connectivity index (χ0n) is 11.8. The van der Waals surface area contributed by atoms with Crippen LogP contribution in [0.25, 0.3) is 0 Å². The fourth-order valence-electron chi connectivity index (χ4n) is 1.63. The van der Waals surface area contributed by atoms with E-state index in [-0.39, 0.29) is 24.5 Å². The maximum absolute atomic E-state index is 12.4. The summed E-state index contributed by atoms with van der Waals surface area (Å²) < 4.78 is 0. The number of hydrogen-bond acceptors (Lipinski definition) is 3. The van der Waals surface area contributed by atoms with E-state index < -0.39 is 0 Å². The molecule has 19 heavy (non-hydrogen) atoms. The molecule has 0 heterocycles. The summed E-state index contributed by atoms with van der Waals surface area (Å²) >= 11 is 0. The third-order valence-electron chi connectivity index (χ3n) is 3.21. The fourth-order valence-corrected chi connectivity index (χ4v) is 1.63. The van der Waals surface area contributed by atoms with Gasteiger partial charge in [0, 0.05) is 21.0 Å². The molecule has 1 atom stereocenters. The minimum atomic E-state index is -0.275. The Bertz CT molecular complexity index is 474. The lowest BCUT2D eigenvalue weighted by Crippen LogP contribution is -2.38. The minimum Gasteiger partial charge on any atom is -0.394 e. The number of aliphatic hydroxyl groups excluding tert-OH is 1. The van der Waals surface area contributed by atoms with Gasteiger partial charge in [-0.1, -0.05) is 12.1 Å². The molecule has 0 saturated heterocycles. The van der Waals surface area contributed by atoms with Gasteiger partial charge < -0.3 is 14.9 Å². The van der Waals surface area contributed by atoms with Crippen molar-refractivity contribution in [3.63, 3.8) is 0 Å². The van der Waals surface area contributed by atoms with Crippen molar-refractivity contribution in [1.29, 1.82) is 0 Å². The zero-order valence-corrected chi connectivity index (χ0v) is 11.8. The highest BCUT2D eigenvalue weighted by Crippen LogP contribution is 2.21. The fraction of sp³-hybridized carbons (Fsp3) is 0.429. The molecule has 0 aliphatic rings. The molecule has 1 rings (SSSR count). The highest BCUT2D eigenvalue weighted by molar-refractivity contribution is 6.04. The van der Waals surface area contributed by atoms with Gasteiger partial charge in [-0.2, -0.15) is 0 Å². The number of likely N-dealkylation sites (N-methyl/N-ethyl adjacent to an activating group) is 1. The highest BCUT2D eigenvalue weighted by Gasteiger charge is 2.21. The number of amides is 2. The van der Waals surface area contributed by atoms with E-state index >= 15 is 0 Å². The van der Waals surface area contributed by atoms with Gasteiger partial charge in [0.1, 0.15) is 0 Å². The first-order chi connectivity index (χ1) is 8.90. The molecule has 0 aliphatic carbocycles. The topological polar surface area (TPSA) is 60.9 Å². The Hall–Kier alpha value is -1.88. The summed E-state index contributed by atoms with van der Waals surface area (Å²) in [6, 6.07) is 6.66. The Morgan fingerprint density at radius 1 is 1.26 bits per heavy atom. The molecule has 0 aliphatic heterocycles. The van der Waals surface area contributed by atoms with Crippen LogP contribution in [0.4, 0.5) is 5.69 Å². The Morgan fingerprint density at radius 2 is 1.84 bits per heavy atom. The van der Waals surface area contributed by atoms with Gasteiger partial charge in [-0.05, 0) is 19.1 Å². The van der Waals surface area contributed by atoms with Crippen LogP contribution in [0.3, 0.4) is 0 Å². The van der Waals surface area contributed by atoms with Gasteiger partial charge in [-0.25, -0.2) is 0 Å². The molecule has 5 nitrogen and oxygen atoms in total. The second kappa shape index (κ2) is 6.33. The first-order valence-electron chi connectivity index (χ1n) is 6.11. The Labute approximate surface area is 113 Å². The summed E-state index contributed by atoms with van der Waals surface area (Å²) in [5, 5.41) is 9.11. The predicted octanol–water partition coefficient (Wildman–Crippen LogP) is 1.12. The van der Waals surface area contributed by atoms with Crippen LogP contribution >= 0.6 is 0 Å². The lowest BCUT2D eigenvalue weighted by Gasteiger charge is -2.26. The van der Waals surface area contributed by atoms with Gasteiger partial charge in [0.15, 0.2) is 0 Å². The van der Waals surface area contributed by atoms with Crippen molar-refractivity contribution in [2.45, 2.75) is 19.9 Å². The van der Waals surface area contributed by atoms with Crippen LogP contribution in [0.1, 0.15) is 24.2 Å². The molecule has 1 aromatic carbocycles. The second-order valence-electron chi connectivity index (χ2n) is 4.54. The number of hydrogen-bond donors (Lipinski definition) is 1. The molecule has 1 aromatic rings. The molecule has 0 spiro atoms. The summed E-state index contributed by atoms with van der Waals surface area (Å²) in [6.45, 7) is 3.10. The number of nitrogens with zero attached hydrogens (tertiary/aromatic N) is 2. The van der Waals surface area contributed by atoms with E-state index in [0.29, 0.717) is 11.3 Å². The number of aliphatic hydroxyl groups is 1. The molecule has 0 radical (unpaired) electrons. The predicted molar refractivity (Wildman–Crippen MR) is 74.2 cm³/mol. The number of anilines is 1. The van der Waals surface area contributed by atoms with Crippen LogP contribution < -0.4 is 4.90 Å². The summed E-state index contributed by atoms with van der Waals surface area (Å²) in [5.74, 6) is -0.358. The van der Waals surface area contributed by atoms with Gasteiger partial charge in [0.25, 0.3) is 5.91 Å². The normalized spacial score (nSPS) is 11.8. The Balaban J connectivity index is 3.13. The molecule has 1 unspecified atom stereocenters. The van der Waals surface area contributed by atoms with Crippen molar-refractivity contribution < 1.29 is 14.7 Å². The molecule has 1 N–H and O–H groups in total. The van der Waals surface area contributed by atoms with Gasteiger partial charge in [-0.3, -0.25) is 9.59 Å². The third-order valence-corrected chi connectivity index (χ3v) is 3.21. The number of para-hydroxylation sites is 1. The third kappa shape index (κ3) is 3.32. The standard InChI is InChI=1S/C14H20N2O3/c1-10(9-17)15(3)14(19)12-7-5-6-8-13(12)16(4)11(2)18/h5-8,10,17H,9H2,1-4H3. The van der Waals surface area contributed by atoms with E-state index in [4.69, 9.17) is 5.11 Å². The van der Waals surface area contributed by atoms with E-state index in [2.05, 4.69) is 0 Å². The van der Waals surface area contributed by atoms with Crippen LogP contribution in [0.5, 0.6) is 0 Å². The average molecular weight is 264 g/mol. The second-order valence-corrected chi connectivity index (χ2v) is 4.54. The molecular weight excluding hydrogens is 244 g/mol. The van der Waals surface area contributed by atoms with E-state index in [0.717, 1.165) is 0 Å². The van der Waals surface area contributed by atoms with Crippen LogP contribution in [-0.2, 0) is 4.79 Å². The van der Waals surface area contributed by atoms with Crippen molar-refractivity contribution in [3.05, 3.63) is 29.8 Å². The first-order valence-corrected chi connectivity index (χ1v) is 6.11. The molecule has 0 fully saturated rings. The maximum atomic E-state index is 12.4. The summed E-state index contributed by atoms with van der Waals surface area (Å²) in [7, 11) is 3.26. The number of carbonyl (C=O) groups excluding carboxylic acids is 2. The quantitative estimate of drug-likeness (QED) is 0.886. The van der Waals surface area contributed by atoms with Crippen molar-refractivity contribution >= 4 is 17.5 Å². The average Bonchev–Trinajstić information content (AvgIpc) is 2.43. The van der Waals surface area contributed by atoms with Gasteiger partial charge in [0.2, 0.25) is 5.91 Å². The molecule has 0 bridgehead atoms. The highest BCUT2D eigenvalue weighted by atomic mass is 16.3. The number of benzene rings is 1. The van der Waals surface area contributed by atoms with Crippen molar-refractivity contribution in [1.82, 2.24) is 4.90 Å². The Kier molecular flexibility index (Phi) is 5.06. The van der Waals surface area contributed by atoms with E-state index in [1.165, 1.54) is 16.7 Å². The largest absolute Gasteiger partial charge is 0.394 e. The SMILES string of the molecule is CC(=O)N(C)c1ccccc1C(=O)N(C)C(C)CO. The molecule has 5 heteroatoms. The summed E-state index contributed by atoms with van der Waals surface area (Å²) in [6.07, 6.45) is 0. The van der Waals surface area contributed by atoms with Crippen LogP contribution in [-0.4, -0.2) is 48.6 Å².